The number of nitrogens with zero attached hydrogens (tertiary/aromatic N) is 3. The average molecular weight is 298 g/mol. The average Bonchev–Trinajstić information content (AvgIpc) is 2.74. The Balaban J connectivity index is 2.51. The summed E-state index contributed by atoms with van der Waals surface area (Å²) in [6.45, 7) is 6.06. The van der Waals surface area contributed by atoms with Gasteiger partial charge in [-0.2, -0.15) is 18.3 Å². The predicted octanol–water partition coefficient (Wildman–Crippen LogP) is 3.72. The van der Waals surface area contributed by atoms with E-state index in [0.29, 0.717) is 6.54 Å². The molecule has 7 heteroatoms. The van der Waals surface area contributed by atoms with Crippen LogP contribution in [0.25, 0.3) is 5.82 Å². The van der Waals surface area contributed by atoms with Crippen LogP contribution in [0.1, 0.15) is 30.3 Å². The molecule has 0 radical (unpaired) electrons. The molecule has 2 heterocycles. The molecule has 1 N–H and O–H groups in total. The molecule has 0 aliphatic rings. The summed E-state index contributed by atoms with van der Waals surface area (Å²) in [6.07, 6.45) is -3.62. The highest BCUT2D eigenvalue weighted by Gasteiger charge is 2.32. The number of halogens is 3. The van der Waals surface area contributed by atoms with Gasteiger partial charge in [0.15, 0.2) is 5.82 Å². The van der Waals surface area contributed by atoms with E-state index in [-0.39, 0.29) is 11.6 Å². The van der Waals surface area contributed by atoms with Crippen molar-refractivity contribution in [2.75, 3.05) is 11.9 Å². The first-order chi connectivity index (χ1) is 9.81. The number of alkyl halides is 3. The van der Waals surface area contributed by atoms with Crippen LogP contribution in [0.3, 0.4) is 0 Å². The van der Waals surface area contributed by atoms with Crippen LogP contribution in [0, 0.1) is 13.8 Å². The third-order valence-corrected chi connectivity index (χ3v) is 2.92. The number of aromatic nitrogens is 3. The molecule has 0 unspecified atom stereocenters. The Kier molecular flexibility index (Phi) is 4.20. The van der Waals surface area contributed by atoms with Gasteiger partial charge >= 0.3 is 6.18 Å². The van der Waals surface area contributed by atoms with Crippen LogP contribution < -0.4 is 5.32 Å². The van der Waals surface area contributed by atoms with Crippen molar-refractivity contribution in [1.29, 1.82) is 0 Å². The summed E-state index contributed by atoms with van der Waals surface area (Å²) >= 11 is 0. The molecule has 2 aromatic heterocycles. The summed E-state index contributed by atoms with van der Waals surface area (Å²) in [5.74, 6) is 0.364. The summed E-state index contributed by atoms with van der Waals surface area (Å²) in [7, 11) is 0. The van der Waals surface area contributed by atoms with Gasteiger partial charge in [-0.05, 0) is 38.5 Å². The van der Waals surface area contributed by atoms with Gasteiger partial charge in [-0.3, -0.25) is 0 Å². The van der Waals surface area contributed by atoms with Gasteiger partial charge in [0.2, 0.25) is 0 Å². The van der Waals surface area contributed by atoms with Crippen LogP contribution in [-0.4, -0.2) is 21.3 Å². The Morgan fingerprint density at radius 3 is 2.43 bits per heavy atom. The zero-order chi connectivity index (χ0) is 15.6. The zero-order valence-electron chi connectivity index (χ0n) is 12.1. The number of hydrogen-bond acceptors (Lipinski definition) is 3. The highest BCUT2D eigenvalue weighted by atomic mass is 19.4. The Hall–Kier alpha value is -2.05. The quantitative estimate of drug-likeness (QED) is 0.935. The van der Waals surface area contributed by atoms with Gasteiger partial charge in [-0.25, -0.2) is 9.67 Å². The molecule has 21 heavy (non-hydrogen) atoms. The molecule has 0 fully saturated rings. The van der Waals surface area contributed by atoms with E-state index in [1.54, 1.807) is 19.9 Å². The lowest BCUT2D eigenvalue weighted by molar-refractivity contribution is -0.137. The first-order valence-electron chi connectivity index (χ1n) is 6.68. The van der Waals surface area contributed by atoms with Crippen molar-refractivity contribution in [2.45, 2.75) is 33.4 Å². The number of aryl methyl sites for hydroxylation is 2. The first-order valence-corrected chi connectivity index (χ1v) is 6.68. The molecular formula is C14H17F3N4. The van der Waals surface area contributed by atoms with Gasteiger partial charge in [-0.1, -0.05) is 6.92 Å². The summed E-state index contributed by atoms with van der Waals surface area (Å²) < 4.78 is 40.4. The van der Waals surface area contributed by atoms with E-state index < -0.39 is 11.7 Å². The number of anilines is 1. The molecule has 2 aromatic rings. The fourth-order valence-electron chi connectivity index (χ4n) is 1.99. The monoisotopic (exact) mass is 298 g/mol. The molecule has 0 bridgehead atoms. The van der Waals surface area contributed by atoms with E-state index >= 15 is 0 Å². The van der Waals surface area contributed by atoms with Crippen molar-refractivity contribution >= 4 is 5.82 Å². The zero-order valence-corrected chi connectivity index (χ0v) is 12.1. The van der Waals surface area contributed by atoms with E-state index in [2.05, 4.69) is 15.4 Å². The van der Waals surface area contributed by atoms with Gasteiger partial charge < -0.3 is 5.32 Å². The molecule has 0 amide bonds. The predicted molar refractivity (Wildman–Crippen MR) is 74.6 cm³/mol. The number of hydrogen-bond donors (Lipinski definition) is 1. The van der Waals surface area contributed by atoms with Crippen molar-refractivity contribution in [3.05, 3.63) is 35.2 Å². The second-order valence-corrected chi connectivity index (χ2v) is 4.86. The van der Waals surface area contributed by atoms with E-state index in [9.17, 15) is 13.2 Å². The van der Waals surface area contributed by atoms with Crippen molar-refractivity contribution in [2.24, 2.45) is 0 Å². The van der Waals surface area contributed by atoms with Crippen molar-refractivity contribution < 1.29 is 13.2 Å². The van der Waals surface area contributed by atoms with Crippen LogP contribution in [0.5, 0.6) is 0 Å². The fraction of sp³-hybridized carbons (Fsp3) is 0.429. The molecule has 114 valence electrons. The molecule has 2 rings (SSSR count). The Bertz CT molecular complexity index is 632. The van der Waals surface area contributed by atoms with Crippen molar-refractivity contribution in [3.63, 3.8) is 0 Å². The maximum absolute atomic E-state index is 13.0. The topological polar surface area (TPSA) is 42.7 Å². The maximum atomic E-state index is 13.0. The minimum absolute atomic E-state index is 0.161. The Labute approximate surface area is 121 Å². The molecule has 0 saturated heterocycles. The maximum Gasteiger partial charge on any atom is 0.416 e. The number of nitrogens with one attached hydrogen (secondary N) is 1. The van der Waals surface area contributed by atoms with Gasteiger partial charge in [0.1, 0.15) is 5.82 Å². The summed E-state index contributed by atoms with van der Waals surface area (Å²) in [6, 6.07) is 3.82. The third kappa shape index (κ3) is 3.53. The van der Waals surface area contributed by atoms with Crippen molar-refractivity contribution in [1.82, 2.24) is 14.8 Å². The fourth-order valence-corrected chi connectivity index (χ4v) is 1.99. The Morgan fingerprint density at radius 2 is 1.90 bits per heavy atom. The van der Waals surface area contributed by atoms with E-state index in [0.717, 1.165) is 29.9 Å². The molecule has 0 atom stereocenters. The van der Waals surface area contributed by atoms with Crippen LogP contribution in [0.2, 0.25) is 0 Å². The second kappa shape index (κ2) is 5.75. The van der Waals surface area contributed by atoms with E-state index in [1.165, 1.54) is 4.68 Å². The number of pyridine rings is 1. The summed E-state index contributed by atoms with van der Waals surface area (Å²) in [5.41, 5.74) is 0.731. The van der Waals surface area contributed by atoms with Gasteiger partial charge in [0.25, 0.3) is 0 Å². The number of rotatable bonds is 4. The van der Waals surface area contributed by atoms with Gasteiger partial charge in [-0.15, -0.1) is 0 Å². The molecule has 0 spiro atoms. The van der Waals surface area contributed by atoms with Gasteiger partial charge in [0, 0.05) is 12.2 Å². The molecule has 4 nitrogen and oxygen atoms in total. The lowest BCUT2D eigenvalue weighted by Gasteiger charge is -2.13. The first kappa shape index (κ1) is 15.3. The van der Waals surface area contributed by atoms with E-state index in [1.807, 2.05) is 6.92 Å². The van der Waals surface area contributed by atoms with Crippen molar-refractivity contribution in [3.8, 4) is 5.82 Å². The minimum atomic E-state index is -4.42. The van der Waals surface area contributed by atoms with Crippen LogP contribution in [0.15, 0.2) is 18.2 Å². The molecule has 0 aliphatic heterocycles. The smallest absolute Gasteiger partial charge is 0.370 e. The lowest BCUT2D eigenvalue weighted by atomic mass is 10.2. The van der Waals surface area contributed by atoms with Crippen LogP contribution in [-0.2, 0) is 6.18 Å². The van der Waals surface area contributed by atoms with Crippen LogP contribution in [0.4, 0.5) is 19.0 Å². The highest BCUT2D eigenvalue weighted by Crippen LogP contribution is 2.31. The molecule has 0 aliphatic carbocycles. The highest BCUT2D eigenvalue weighted by molar-refractivity contribution is 5.45. The Morgan fingerprint density at radius 1 is 1.19 bits per heavy atom. The largest absolute Gasteiger partial charge is 0.416 e. The van der Waals surface area contributed by atoms with Gasteiger partial charge in [0.05, 0.1) is 11.3 Å². The SMILES string of the molecule is CCCNc1cc(C(F)(F)F)cc(-n2nc(C)cc2C)n1. The summed E-state index contributed by atoms with van der Waals surface area (Å²) in [5, 5.41) is 7.08. The second-order valence-electron chi connectivity index (χ2n) is 4.86. The molecular weight excluding hydrogens is 281 g/mol. The third-order valence-electron chi connectivity index (χ3n) is 2.92. The standard InChI is InChI=1S/C14H17F3N4/c1-4-5-18-12-7-11(14(15,16)17)8-13(19-12)21-10(3)6-9(2)20-21/h6-8H,4-5H2,1-3H3,(H,18,19). The van der Waals surface area contributed by atoms with E-state index in [4.69, 9.17) is 0 Å². The minimum Gasteiger partial charge on any atom is -0.370 e. The molecule has 0 aromatic carbocycles. The molecule has 0 saturated carbocycles. The van der Waals surface area contributed by atoms with Crippen LogP contribution >= 0.6 is 0 Å². The lowest BCUT2D eigenvalue weighted by Crippen LogP contribution is -2.12. The summed E-state index contributed by atoms with van der Waals surface area (Å²) in [4.78, 5) is 4.22. The normalized spacial score (nSPS) is 11.7.